The van der Waals surface area contributed by atoms with Crippen LogP contribution in [0.4, 0.5) is 0 Å². The Labute approximate surface area is 107 Å². The van der Waals surface area contributed by atoms with Crippen LogP contribution in [0.5, 0.6) is 0 Å². The number of hydrogen-bond acceptors (Lipinski definition) is 4. The zero-order chi connectivity index (χ0) is 12.4. The molecule has 5 nitrogen and oxygen atoms in total. The number of nitrogens with one attached hydrogen (secondary N) is 1. The highest BCUT2D eigenvalue weighted by Gasteiger charge is 2.36. The summed E-state index contributed by atoms with van der Waals surface area (Å²) in [5.74, 6) is -0.0967. The Hall–Kier alpha value is -1.49. The highest BCUT2D eigenvalue weighted by molar-refractivity contribution is 5.92. The minimum absolute atomic E-state index is 0.0967. The van der Waals surface area contributed by atoms with Crippen molar-refractivity contribution in [3.63, 3.8) is 0 Å². The number of carbonyl (C=O) groups excluding carboxylic acids is 1. The van der Waals surface area contributed by atoms with Gasteiger partial charge in [0.05, 0.1) is 6.20 Å². The Morgan fingerprint density at radius 1 is 1.28 bits per heavy atom. The number of amides is 1. The molecule has 2 saturated heterocycles. The summed E-state index contributed by atoms with van der Waals surface area (Å²) in [6, 6.07) is 0.805. The van der Waals surface area contributed by atoms with Gasteiger partial charge in [-0.2, -0.15) is 0 Å². The van der Waals surface area contributed by atoms with Gasteiger partial charge in [-0.15, -0.1) is 0 Å². The van der Waals surface area contributed by atoms with Crippen LogP contribution < -0.4 is 5.32 Å². The minimum atomic E-state index is -0.0967. The second kappa shape index (κ2) is 5.02. The highest BCUT2D eigenvalue weighted by Crippen LogP contribution is 2.27. The van der Waals surface area contributed by atoms with Gasteiger partial charge in [-0.3, -0.25) is 14.7 Å². The second-order valence-electron chi connectivity index (χ2n) is 5.06. The zero-order valence-electron chi connectivity index (χ0n) is 10.4. The molecule has 0 bridgehead atoms. The summed E-state index contributed by atoms with van der Waals surface area (Å²) in [6.45, 7) is 2.29. The van der Waals surface area contributed by atoms with E-state index in [1.165, 1.54) is 32.0 Å². The minimum Gasteiger partial charge on any atom is -0.346 e. The molecule has 96 valence electrons. The van der Waals surface area contributed by atoms with Crippen LogP contribution in [-0.2, 0) is 0 Å². The SMILES string of the molecule is O=C(N[C@@H]1CCN2CCCC[C@@H]12)c1cnccn1. The molecule has 0 unspecified atom stereocenters. The van der Waals surface area contributed by atoms with Gasteiger partial charge >= 0.3 is 0 Å². The van der Waals surface area contributed by atoms with Gasteiger partial charge in [-0.25, -0.2) is 4.98 Å². The predicted molar refractivity (Wildman–Crippen MR) is 67.1 cm³/mol. The molecule has 3 rings (SSSR count). The van der Waals surface area contributed by atoms with Crippen molar-refractivity contribution in [1.82, 2.24) is 20.2 Å². The van der Waals surface area contributed by atoms with Gasteiger partial charge in [0.2, 0.25) is 0 Å². The molecule has 2 atom stereocenters. The van der Waals surface area contributed by atoms with E-state index in [-0.39, 0.29) is 11.9 Å². The Balaban J connectivity index is 1.65. The van der Waals surface area contributed by atoms with Crippen LogP contribution in [0.1, 0.15) is 36.2 Å². The zero-order valence-corrected chi connectivity index (χ0v) is 10.4. The number of rotatable bonds is 2. The van der Waals surface area contributed by atoms with Gasteiger partial charge in [0.25, 0.3) is 5.91 Å². The van der Waals surface area contributed by atoms with Crippen molar-refractivity contribution in [3.05, 3.63) is 24.3 Å². The fourth-order valence-electron chi connectivity index (χ4n) is 3.07. The van der Waals surface area contributed by atoms with E-state index in [1.807, 2.05) is 0 Å². The van der Waals surface area contributed by atoms with E-state index >= 15 is 0 Å². The van der Waals surface area contributed by atoms with Crippen LogP contribution in [0.2, 0.25) is 0 Å². The fraction of sp³-hybridized carbons (Fsp3) is 0.615. The van der Waals surface area contributed by atoms with Crippen LogP contribution in [-0.4, -0.2) is 45.9 Å². The molecule has 1 aromatic heterocycles. The monoisotopic (exact) mass is 246 g/mol. The lowest BCUT2D eigenvalue weighted by molar-refractivity contribution is 0.0910. The van der Waals surface area contributed by atoms with Crippen molar-refractivity contribution < 1.29 is 4.79 Å². The molecule has 1 N–H and O–H groups in total. The summed E-state index contributed by atoms with van der Waals surface area (Å²) < 4.78 is 0. The molecule has 0 aromatic carbocycles. The smallest absolute Gasteiger partial charge is 0.271 e. The summed E-state index contributed by atoms with van der Waals surface area (Å²) in [7, 11) is 0. The van der Waals surface area contributed by atoms with E-state index in [2.05, 4.69) is 20.2 Å². The molecule has 2 aliphatic heterocycles. The molecule has 18 heavy (non-hydrogen) atoms. The van der Waals surface area contributed by atoms with E-state index in [9.17, 15) is 4.79 Å². The largest absolute Gasteiger partial charge is 0.346 e. The normalized spacial score (nSPS) is 27.8. The molecule has 5 heteroatoms. The van der Waals surface area contributed by atoms with Crippen molar-refractivity contribution in [2.24, 2.45) is 0 Å². The standard InChI is InChI=1S/C13H18N4O/c18-13(11-9-14-5-6-15-11)16-10-4-8-17-7-2-1-3-12(10)17/h5-6,9-10,12H,1-4,7-8H2,(H,16,18)/t10-,12+/m1/s1. The molecule has 2 fully saturated rings. The topological polar surface area (TPSA) is 58.1 Å². The Morgan fingerprint density at radius 3 is 3.06 bits per heavy atom. The Morgan fingerprint density at radius 2 is 2.22 bits per heavy atom. The average molecular weight is 246 g/mol. The van der Waals surface area contributed by atoms with Gasteiger partial charge in [0.1, 0.15) is 5.69 Å². The fourth-order valence-corrected chi connectivity index (χ4v) is 3.07. The highest BCUT2D eigenvalue weighted by atomic mass is 16.2. The molecular weight excluding hydrogens is 228 g/mol. The molecule has 1 aromatic rings. The number of piperidine rings is 1. The maximum atomic E-state index is 12.0. The third-order valence-electron chi connectivity index (χ3n) is 3.97. The van der Waals surface area contributed by atoms with Crippen molar-refractivity contribution >= 4 is 5.91 Å². The van der Waals surface area contributed by atoms with Crippen molar-refractivity contribution in [3.8, 4) is 0 Å². The molecule has 1 amide bonds. The lowest BCUT2D eigenvalue weighted by Crippen LogP contribution is -2.46. The molecule has 0 aliphatic carbocycles. The molecule has 0 spiro atoms. The second-order valence-corrected chi connectivity index (χ2v) is 5.06. The van der Waals surface area contributed by atoms with Crippen LogP contribution >= 0.6 is 0 Å². The summed E-state index contributed by atoms with van der Waals surface area (Å²) in [6.07, 6.45) is 9.47. The third-order valence-corrected chi connectivity index (χ3v) is 3.97. The van der Waals surface area contributed by atoms with E-state index in [0.717, 1.165) is 13.0 Å². The van der Waals surface area contributed by atoms with Crippen molar-refractivity contribution in [2.75, 3.05) is 13.1 Å². The maximum Gasteiger partial charge on any atom is 0.271 e. The third kappa shape index (κ3) is 2.22. The molecule has 0 saturated carbocycles. The van der Waals surface area contributed by atoms with Gasteiger partial charge in [-0.05, 0) is 25.8 Å². The number of aromatic nitrogens is 2. The van der Waals surface area contributed by atoms with Gasteiger partial charge < -0.3 is 5.32 Å². The Bertz CT molecular complexity index is 422. The first-order valence-electron chi connectivity index (χ1n) is 6.65. The first-order valence-corrected chi connectivity index (χ1v) is 6.65. The lowest BCUT2D eigenvalue weighted by atomic mass is 9.99. The number of fused-ring (bicyclic) bond motifs is 1. The summed E-state index contributed by atoms with van der Waals surface area (Å²) in [5, 5.41) is 3.11. The number of hydrogen-bond donors (Lipinski definition) is 1. The summed E-state index contributed by atoms with van der Waals surface area (Å²) in [5.41, 5.74) is 0.409. The number of carbonyl (C=O) groups is 1. The first-order chi connectivity index (χ1) is 8.84. The maximum absolute atomic E-state index is 12.0. The first kappa shape index (κ1) is 11.6. The quantitative estimate of drug-likeness (QED) is 0.840. The Kier molecular flexibility index (Phi) is 3.23. The average Bonchev–Trinajstić information content (AvgIpc) is 2.83. The van der Waals surface area contributed by atoms with Crippen LogP contribution in [0, 0.1) is 0 Å². The van der Waals surface area contributed by atoms with Crippen LogP contribution in [0.25, 0.3) is 0 Å². The molecule has 0 radical (unpaired) electrons. The van der Waals surface area contributed by atoms with Crippen molar-refractivity contribution in [1.29, 1.82) is 0 Å². The lowest BCUT2D eigenvalue weighted by Gasteiger charge is -2.32. The van der Waals surface area contributed by atoms with E-state index in [1.54, 1.807) is 12.4 Å². The molecule has 3 heterocycles. The van der Waals surface area contributed by atoms with E-state index < -0.39 is 0 Å². The number of nitrogens with zero attached hydrogens (tertiary/aromatic N) is 3. The molecule has 2 aliphatic rings. The summed E-state index contributed by atoms with van der Waals surface area (Å²) in [4.78, 5) is 22.5. The molecular formula is C13H18N4O. The van der Waals surface area contributed by atoms with Crippen molar-refractivity contribution in [2.45, 2.75) is 37.8 Å². The van der Waals surface area contributed by atoms with Crippen LogP contribution in [0.15, 0.2) is 18.6 Å². The summed E-state index contributed by atoms with van der Waals surface area (Å²) >= 11 is 0. The van der Waals surface area contributed by atoms with Gasteiger partial charge in [0.15, 0.2) is 0 Å². The van der Waals surface area contributed by atoms with E-state index in [0.29, 0.717) is 11.7 Å². The van der Waals surface area contributed by atoms with Gasteiger partial charge in [0, 0.05) is 31.0 Å². The van der Waals surface area contributed by atoms with E-state index in [4.69, 9.17) is 0 Å². The van der Waals surface area contributed by atoms with Crippen LogP contribution in [0.3, 0.4) is 0 Å². The predicted octanol–water partition coefficient (Wildman–Crippen LogP) is 0.833. The van der Waals surface area contributed by atoms with Gasteiger partial charge in [-0.1, -0.05) is 6.42 Å².